The van der Waals surface area contributed by atoms with Gasteiger partial charge in [0.25, 0.3) is 0 Å². The zero-order valence-corrected chi connectivity index (χ0v) is 13.1. The molecule has 2 heterocycles. The van der Waals surface area contributed by atoms with Crippen LogP contribution in [0.1, 0.15) is 33.6 Å². The van der Waals surface area contributed by atoms with E-state index in [0.29, 0.717) is 18.8 Å². The van der Waals surface area contributed by atoms with Gasteiger partial charge in [-0.05, 0) is 33.6 Å². The van der Waals surface area contributed by atoms with Crippen molar-refractivity contribution in [3.8, 4) is 0 Å². The molecule has 0 bridgehead atoms. The molecule has 0 spiro atoms. The first kappa shape index (κ1) is 15.2. The quantitative estimate of drug-likeness (QED) is 0.848. The summed E-state index contributed by atoms with van der Waals surface area (Å²) in [6.07, 6.45) is 4.90. The van der Waals surface area contributed by atoms with Crippen LogP contribution in [0.15, 0.2) is 12.4 Å². The van der Waals surface area contributed by atoms with Gasteiger partial charge in [-0.1, -0.05) is 5.21 Å². The third-order valence-electron chi connectivity index (χ3n) is 3.55. The van der Waals surface area contributed by atoms with E-state index in [2.05, 4.69) is 22.9 Å². The lowest BCUT2D eigenvalue weighted by Gasteiger charge is -2.40. The van der Waals surface area contributed by atoms with Gasteiger partial charge in [0.15, 0.2) is 0 Å². The van der Waals surface area contributed by atoms with Crippen LogP contribution in [0.5, 0.6) is 0 Å². The molecule has 1 saturated heterocycles. The predicted molar refractivity (Wildman–Crippen MR) is 78.9 cm³/mol. The maximum absolute atomic E-state index is 12.0. The third-order valence-corrected chi connectivity index (χ3v) is 4.14. The van der Waals surface area contributed by atoms with Gasteiger partial charge in [-0.25, -0.2) is 9.48 Å². The Morgan fingerprint density at radius 1 is 1.40 bits per heavy atom. The summed E-state index contributed by atoms with van der Waals surface area (Å²) in [6.45, 7) is 6.93. The van der Waals surface area contributed by atoms with Crippen LogP contribution in [0.3, 0.4) is 0 Å². The molecule has 2 rings (SSSR count). The average Bonchev–Trinajstić information content (AvgIpc) is 2.91. The molecule has 1 fully saturated rings. The molecule has 0 radical (unpaired) electrons. The van der Waals surface area contributed by atoms with E-state index in [1.54, 1.807) is 11.1 Å². The van der Waals surface area contributed by atoms with Gasteiger partial charge >= 0.3 is 6.09 Å². The second-order valence-corrected chi connectivity index (χ2v) is 6.51. The lowest BCUT2D eigenvalue weighted by molar-refractivity contribution is 0.0123. The van der Waals surface area contributed by atoms with Crippen molar-refractivity contribution in [2.75, 3.05) is 18.8 Å². The van der Waals surface area contributed by atoms with Gasteiger partial charge in [0.1, 0.15) is 5.60 Å². The predicted octanol–water partition coefficient (Wildman–Crippen LogP) is 1.93. The highest BCUT2D eigenvalue weighted by atomic mass is 32.1. The molecule has 112 valence electrons. The van der Waals surface area contributed by atoms with Crippen LogP contribution >= 0.6 is 12.6 Å². The molecule has 1 aromatic rings. The Morgan fingerprint density at radius 2 is 2.05 bits per heavy atom. The van der Waals surface area contributed by atoms with E-state index in [-0.39, 0.29) is 11.6 Å². The first-order chi connectivity index (χ1) is 9.36. The van der Waals surface area contributed by atoms with Crippen LogP contribution in [0.25, 0.3) is 0 Å². The van der Waals surface area contributed by atoms with E-state index in [0.717, 1.165) is 12.8 Å². The van der Waals surface area contributed by atoms with Crippen molar-refractivity contribution in [3.63, 3.8) is 0 Å². The van der Waals surface area contributed by atoms with Gasteiger partial charge in [0.2, 0.25) is 0 Å². The topological polar surface area (TPSA) is 60.2 Å². The molecule has 0 atom stereocenters. The van der Waals surface area contributed by atoms with Crippen molar-refractivity contribution in [1.29, 1.82) is 0 Å². The van der Waals surface area contributed by atoms with Crippen LogP contribution in [-0.2, 0) is 10.3 Å². The molecule has 0 unspecified atom stereocenters. The molecular formula is C13H22N4O2S. The number of amides is 1. The average molecular weight is 298 g/mol. The van der Waals surface area contributed by atoms with Crippen molar-refractivity contribution in [2.24, 2.45) is 0 Å². The monoisotopic (exact) mass is 298 g/mol. The van der Waals surface area contributed by atoms with Gasteiger partial charge in [0, 0.05) is 25.0 Å². The number of piperidine rings is 1. The second kappa shape index (κ2) is 5.63. The molecular weight excluding hydrogens is 276 g/mol. The van der Waals surface area contributed by atoms with E-state index < -0.39 is 5.60 Å². The van der Waals surface area contributed by atoms with Crippen molar-refractivity contribution in [2.45, 2.75) is 44.8 Å². The molecule has 1 aliphatic heterocycles. The number of hydrogen-bond donors (Lipinski definition) is 1. The minimum Gasteiger partial charge on any atom is -0.444 e. The second-order valence-electron chi connectivity index (χ2n) is 6.20. The highest BCUT2D eigenvalue weighted by Gasteiger charge is 2.38. The van der Waals surface area contributed by atoms with E-state index in [1.165, 1.54) is 0 Å². The van der Waals surface area contributed by atoms with Crippen molar-refractivity contribution in [3.05, 3.63) is 12.4 Å². The molecule has 7 heteroatoms. The zero-order valence-electron chi connectivity index (χ0n) is 12.2. The Bertz CT molecular complexity index is 447. The summed E-state index contributed by atoms with van der Waals surface area (Å²) in [5.41, 5.74) is -0.612. The smallest absolute Gasteiger partial charge is 0.410 e. The van der Waals surface area contributed by atoms with Crippen molar-refractivity contribution < 1.29 is 9.53 Å². The first-order valence-electron chi connectivity index (χ1n) is 6.82. The van der Waals surface area contributed by atoms with Gasteiger partial charge < -0.3 is 9.64 Å². The van der Waals surface area contributed by atoms with Crippen LogP contribution in [0.2, 0.25) is 0 Å². The fraction of sp³-hybridized carbons (Fsp3) is 0.769. The van der Waals surface area contributed by atoms with Gasteiger partial charge in [-0.3, -0.25) is 0 Å². The van der Waals surface area contributed by atoms with Crippen LogP contribution in [-0.4, -0.2) is 50.4 Å². The third kappa shape index (κ3) is 3.26. The number of hydrogen-bond acceptors (Lipinski definition) is 5. The lowest BCUT2D eigenvalue weighted by Crippen LogP contribution is -2.50. The van der Waals surface area contributed by atoms with Gasteiger partial charge in [-0.15, -0.1) is 5.10 Å². The number of thiol groups is 1. The van der Waals surface area contributed by atoms with Gasteiger partial charge in [-0.2, -0.15) is 12.6 Å². The standard InChI is InChI=1S/C13H22N4O2S/c1-12(2,3)19-11(18)16-7-4-13(10-20,5-8-16)17-9-6-14-15-17/h6,9,20H,4-5,7-8,10H2,1-3H3. The fourth-order valence-corrected chi connectivity index (χ4v) is 2.81. The molecule has 0 aliphatic carbocycles. The summed E-state index contributed by atoms with van der Waals surface area (Å²) in [5, 5.41) is 7.96. The lowest BCUT2D eigenvalue weighted by atomic mass is 9.89. The largest absolute Gasteiger partial charge is 0.444 e. The van der Waals surface area contributed by atoms with Gasteiger partial charge in [0.05, 0.1) is 11.7 Å². The van der Waals surface area contributed by atoms with E-state index in [1.807, 2.05) is 31.6 Å². The van der Waals surface area contributed by atoms with Crippen molar-refractivity contribution in [1.82, 2.24) is 19.9 Å². The molecule has 0 saturated carbocycles. The molecule has 20 heavy (non-hydrogen) atoms. The molecule has 1 aromatic heterocycles. The maximum Gasteiger partial charge on any atom is 0.410 e. The molecule has 6 nitrogen and oxygen atoms in total. The number of carbonyl (C=O) groups is 1. The molecule has 1 aliphatic rings. The zero-order chi connectivity index (χ0) is 14.8. The number of likely N-dealkylation sites (tertiary alicyclic amines) is 1. The Morgan fingerprint density at radius 3 is 2.50 bits per heavy atom. The number of nitrogens with zero attached hydrogens (tertiary/aromatic N) is 4. The Kier molecular flexibility index (Phi) is 4.27. The Balaban J connectivity index is 1.99. The molecule has 1 amide bonds. The Labute approximate surface area is 124 Å². The number of aromatic nitrogens is 3. The number of carbonyl (C=O) groups excluding carboxylic acids is 1. The summed E-state index contributed by atoms with van der Waals surface area (Å²) < 4.78 is 7.27. The van der Waals surface area contributed by atoms with Crippen LogP contribution in [0.4, 0.5) is 4.79 Å². The van der Waals surface area contributed by atoms with E-state index in [9.17, 15) is 4.79 Å². The molecule has 0 N–H and O–H groups in total. The minimum absolute atomic E-state index is 0.155. The normalized spacial score (nSPS) is 18.9. The SMILES string of the molecule is CC(C)(C)OC(=O)N1CCC(CS)(n2ccnn2)CC1. The van der Waals surface area contributed by atoms with E-state index in [4.69, 9.17) is 4.74 Å². The summed E-state index contributed by atoms with van der Waals surface area (Å²) in [4.78, 5) is 13.8. The fourth-order valence-electron chi connectivity index (χ4n) is 2.35. The number of rotatable bonds is 2. The maximum atomic E-state index is 12.0. The van der Waals surface area contributed by atoms with E-state index >= 15 is 0 Å². The summed E-state index contributed by atoms with van der Waals surface area (Å²) in [6, 6.07) is 0. The molecule has 0 aromatic carbocycles. The summed E-state index contributed by atoms with van der Waals surface area (Å²) in [7, 11) is 0. The van der Waals surface area contributed by atoms with Crippen LogP contribution in [0, 0.1) is 0 Å². The Hall–Kier alpha value is -1.24. The number of ether oxygens (including phenoxy) is 1. The minimum atomic E-state index is -0.457. The van der Waals surface area contributed by atoms with Crippen LogP contribution < -0.4 is 0 Å². The summed E-state index contributed by atoms with van der Waals surface area (Å²) >= 11 is 4.46. The summed E-state index contributed by atoms with van der Waals surface area (Å²) in [5.74, 6) is 0.679. The first-order valence-corrected chi connectivity index (χ1v) is 7.45. The van der Waals surface area contributed by atoms with Crippen molar-refractivity contribution >= 4 is 18.7 Å². The highest BCUT2D eigenvalue weighted by Crippen LogP contribution is 2.31. The highest BCUT2D eigenvalue weighted by molar-refractivity contribution is 7.80.